The summed E-state index contributed by atoms with van der Waals surface area (Å²) in [6.45, 7) is 5.26. The molecule has 0 radical (unpaired) electrons. The van der Waals surface area contributed by atoms with E-state index < -0.39 is 5.97 Å². The molecule has 1 fully saturated rings. The number of hydrogen-bond donors (Lipinski definition) is 2. The van der Waals surface area contributed by atoms with Gasteiger partial charge in [-0.05, 0) is 44.9 Å². The highest BCUT2D eigenvalue weighted by molar-refractivity contribution is 6.21. The second-order valence-corrected chi connectivity index (χ2v) is 7.44. The van der Waals surface area contributed by atoms with Gasteiger partial charge in [-0.3, -0.25) is 24.2 Å². The van der Waals surface area contributed by atoms with Gasteiger partial charge in [-0.15, -0.1) is 0 Å². The number of benzene rings is 1. The van der Waals surface area contributed by atoms with Crippen LogP contribution in [0.2, 0.25) is 0 Å². The summed E-state index contributed by atoms with van der Waals surface area (Å²) in [5.74, 6) is -1.21. The second kappa shape index (κ2) is 8.19. The Kier molecular flexibility index (Phi) is 5.92. The van der Waals surface area contributed by atoms with Crippen LogP contribution in [-0.4, -0.2) is 70.4 Å². The molecule has 27 heavy (non-hydrogen) atoms. The van der Waals surface area contributed by atoms with Gasteiger partial charge in [-0.2, -0.15) is 0 Å². The predicted octanol–water partition coefficient (Wildman–Crippen LogP) is 1.59. The zero-order valence-electron chi connectivity index (χ0n) is 15.9. The van der Waals surface area contributed by atoms with Crippen LogP contribution < -0.4 is 5.32 Å². The molecule has 7 nitrogen and oxygen atoms in total. The van der Waals surface area contributed by atoms with E-state index in [4.69, 9.17) is 5.11 Å². The lowest BCUT2D eigenvalue weighted by molar-refractivity contribution is -0.139. The maximum Gasteiger partial charge on any atom is 0.317 e. The number of carboxylic acids is 1. The van der Waals surface area contributed by atoms with Crippen LogP contribution in [0.3, 0.4) is 0 Å². The van der Waals surface area contributed by atoms with Crippen LogP contribution in [0.25, 0.3) is 0 Å². The zero-order valence-corrected chi connectivity index (χ0v) is 15.9. The Morgan fingerprint density at radius 2 is 1.85 bits per heavy atom. The van der Waals surface area contributed by atoms with Gasteiger partial charge in [0.2, 0.25) is 0 Å². The number of hydrogen-bond acceptors (Lipinski definition) is 5. The molecule has 7 heteroatoms. The molecule has 2 N–H and O–H groups in total. The molecule has 1 unspecified atom stereocenters. The Morgan fingerprint density at radius 1 is 1.26 bits per heavy atom. The van der Waals surface area contributed by atoms with Crippen LogP contribution in [-0.2, 0) is 4.79 Å². The summed E-state index contributed by atoms with van der Waals surface area (Å²) in [6, 6.07) is 7.78. The largest absolute Gasteiger partial charge is 0.480 e. The van der Waals surface area contributed by atoms with E-state index in [9.17, 15) is 14.4 Å². The SMILES string of the molecule is CCN(CC(=O)O)C1CC(NC(C)CCN2C(=O)c3ccccc3C2=O)C1. The van der Waals surface area contributed by atoms with Gasteiger partial charge in [0.25, 0.3) is 11.8 Å². The summed E-state index contributed by atoms with van der Waals surface area (Å²) in [5, 5.41) is 12.5. The van der Waals surface area contributed by atoms with Crippen molar-refractivity contribution in [2.75, 3.05) is 19.6 Å². The number of amides is 2. The lowest BCUT2D eigenvalue weighted by atomic mass is 9.84. The summed E-state index contributed by atoms with van der Waals surface area (Å²) >= 11 is 0. The molecular weight excluding hydrogens is 346 g/mol. The highest BCUT2D eigenvalue weighted by Gasteiger charge is 2.36. The van der Waals surface area contributed by atoms with Crippen LogP contribution in [0.15, 0.2) is 24.3 Å². The molecule has 0 aromatic heterocycles. The molecule has 1 aromatic carbocycles. The van der Waals surface area contributed by atoms with Crippen LogP contribution in [0.1, 0.15) is 53.8 Å². The Balaban J connectivity index is 1.43. The third kappa shape index (κ3) is 4.20. The van der Waals surface area contributed by atoms with Gasteiger partial charge < -0.3 is 10.4 Å². The van der Waals surface area contributed by atoms with E-state index in [0.29, 0.717) is 36.2 Å². The molecule has 1 aromatic rings. The van der Waals surface area contributed by atoms with Gasteiger partial charge >= 0.3 is 5.97 Å². The quantitative estimate of drug-likeness (QED) is 0.639. The molecule has 3 rings (SSSR count). The van der Waals surface area contributed by atoms with Crippen LogP contribution in [0.4, 0.5) is 0 Å². The van der Waals surface area contributed by atoms with Crippen molar-refractivity contribution in [3.05, 3.63) is 35.4 Å². The lowest BCUT2D eigenvalue weighted by Gasteiger charge is -2.43. The van der Waals surface area contributed by atoms with Crippen molar-refractivity contribution >= 4 is 17.8 Å². The summed E-state index contributed by atoms with van der Waals surface area (Å²) in [5.41, 5.74) is 0.978. The Hall–Kier alpha value is -2.25. The molecule has 1 atom stereocenters. The van der Waals surface area contributed by atoms with Gasteiger partial charge in [0, 0.05) is 24.7 Å². The predicted molar refractivity (Wildman–Crippen MR) is 101 cm³/mol. The van der Waals surface area contributed by atoms with E-state index in [2.05, 4.69) is 12.2 Å². The second-order valence-electron chi connectivity index (χ2n) is 7.44. The maximum atomic E-state index is 12.4. The van der Waals surface area contributed by atoms with E-state index in [1.54, 1.807) is 24.3 Å². The van der Waals surface area contributed by atoms with Crippen molar-refractivity contribution in [2.45, 2.75) is 51.2 Å². The first kappa shape index (κ1) is 19.5. The van der Waals surface area contributed by atoms with Crippen molar-refractivity contribution in [1.29, 1.82) is 0 Å². The molecule has 0 spiro atoms. The van der Waals surface area contributed by atoms with Crippen LogP contribution in [0.5, 0.6) is 0 Å². The van der Waals surface area contributed by atoms with E-state index in [0.717, 1.165) is 19.4 Å². The average molecular weight is 373 g/mol. The third-order valence-electron chi connectivity index (χ3n) is 5.56. The molecule has 1 heterocycles. The Labute approximate surface area is 159 Å². The normalized spacial score (nSPS) is 22.7. The van der Waals surface area contributed by atoms with Gasteiger partial charge in [0.05, 0.1) is 17.7 Å². The van der Waals surface area contributed by atoms with Crippen molar-refractivity contribution in [2.24, 2.45) is 0 Å². The molecule has 0 bridgehead atoms. The zero-order chi connectivity index (χ0) is 19.6. The summed E-state index contributed by atoms with van der Waals surface area (Å²) < 4.78 is 0. The fourth-order valence-corrected chi connectivity index (χ4v) is 3.95. The van der Waals surface area contributed by atoms with E-state index in [1.807, 2.05) is 11.8 Å². The minimum atomic E-state index is -0.789. The minimum Gasteiger partial charge on any atom is -0.480 e. The standard InChI is InChI=1S/C20H27N3O4/c1-3-22(12-18(24)25)15-10-14(11-15)21-13(2)8-9-23-19(26)16-6-4-5-7-17(16)20(23)27/h4-7,13-15,21H,3,8-12H2,1-2H3,(H,24,25). The first-order chi connectivity index (χ1) is 12.9. The van der Waals surface area contributed by atoms with Crippen molar-refractivity contribution in [3.8, 4) is 0 Å². The molecule has 0 saturated heterocycles. The molecule has 1 aliphatic heterocycles. The van der Waals surface area contributed by atoms with Crippen molar-refractivity contribution in [1.82, 2.24) is 15.1 Å². The lowest BCUT2D eigenvalue weighted by Crippen LogP contribution is -2.55. The van der Waals surface area contributed by atoms with E-state index in [1.165, 1.54) is 4.90 Å². The number of likely N-dealkylation sites (N-methyl/N-ethyl adjacent to an activating group) is 1. The summed E-state index contributed by atoms with van der Waals surface area (Å²) in [7, 11) is 0. The summed E-state index contributed by atoms with van der Waals surface area (Å²) in [6.07, 6.45) is 2.55. The van der Waals surface area contributed by atoms with Gasteiger partial charge in [-0.25, -0.2) is 0 Å². The van der Waals surface area contributed by atoms with E-state index in [-0.39, 0.29) is 24.4 Å². The minimum absolute atomic E-state index is 0.0865. The van der Waals surface area contributed by atoms with Gasteiger partial charge in [0.15, 0.2) is 0 Å². The van der Waals surface area contributed by atoms with Gasteiger partial charge in [0.1, 0.15) is 0 Å². The van der Waals surface area contributed by atoms with Gasteiger partial charge in [-0.1, -0.05) is 19.1 Å². The highest BCUT2D eigenvalue weighted by Crippen LogP contribution is 2.27. The molecule has 2 aliphatic rings. The highest BCUT2D eigenvalue weighted by atomic mass is 16.4. The number of carbonyl (C=O) groups excluding carboxylic acids is 2. The number of imide groups is 1. The number of rotatable bonds is 9. The number of carbonyl (C=O) groups is 3. The number of aliphatic carboxylic acids is 1. The smallest absolute Gasteiger partial charge is 0.317 e. The molecule has 1 saturated carbocycles. The summed E-state index contributed by atoms with van der Waals surface area (Å²) in [4.78, 5) is 39.0. The van der Waals surface area contributed by atoms with E-state index >= 15 is 0 Å². The number of fused-ring (bicyclic) bond motifs is 1. The third-order valence-corrected chi connectivity index (χ3v) is 5.56. The molecular formula is C20H27N3O4. The van der Waals surface area contributed by atoms with Crippen molar-refractivity contribution in [3.63, 3.8) is 0 Å². The van der Waals surface area contributed by atoms with Crippen molar-refractivity contribution < 1.29 is 19.5 Å². The molecule has 2 amide bonds. The fourth-order valence-electron chi connectivity index (χ4n) is 3.95. The monoisotopic (exact) mass is 373 g/mol. The molecule has 146 valence electrons. The van der Waals surface area contributed by atoms with Crippen LogP contribution >= 0.6 is 0 Å². The first-order valence-electron chi connectivity index (χ1n) is 9.57. The Bertz CT molecular complexity index is 695. The topological polar surface area (TPSA) is 90.0 Å². The maximum absolute atomic E-state index is 12.4. The number of nitrogens with zero attached hydrogens (tertiary/aromatic N) is 2. The molecule has 1 aliphatic carbocycles. The first-order valence-corrected chi connectivity index (χ1v) is 9.57. The Morgan fingerprint density at radius 3 is 2.37 bits per heavy atom. The number of nitrogens with one attached hydrogen (secondary N) is 1. The number of carboxylic acid groups (broad SMARTS) is 1. The average Bonchev–Trinajstić information content (AvgIpc) is 2.85. The van der Waals surface area contributed by atoms with Crippen LogP contribution in [0, 0.1) is 0 Å². The fraction of sp³-hybridized carbons (Fsp3) is 0.550.